The highest BCUT2D eigenvalue weighted by atomic mass is 127. The van der Waals surface area contributed by atoms with E-state index in [1.54, 1.807) is 0 Å². The van der Waals surface area contributed by atoms with Crippen molar-refractivity contribution in [1.82, 2.24) is 0 Å². The van der Waals surface area contributed by atoms with Crippen molar-refractivity contribution in [3.63, 3.8) is 0 Å². The monoisotopic (exact) mass is 412 g/mol. The summed E-state index contributed by atoms with van der Waals surface area (Å²) in [6.07, 6.45) is 0.258. The molecule has 0 saturated carbocycles. The molecule has 0 spiro atoms. The van der Waals surface area contributed by atoms with Crippen LogP contribution in [0.1, 0.15) is 6.42 Å². The number of hydrogen-bond acceptors (Lipinski definition) is 2. The van der Waals surface area contributed by atoms with E-state index in [1.807, 2.05) is 24.3 Å². The maximum atomic E-state index is 11.4. The highest BCUT2D eigenvalue weighted by Gasteiger charge is 2.01. The summed E-state index contributed by atoms with van der Waals surface area (Å²) in [7, 11) is 0. The molecule has 1 rings (SSSR count). The number of nitrogens with two attached hydrogens (primary N) is 2. The Labute approximate surface area is 125 Å². The fraction of sp³-hybridized carbons (Fsp3) is 0.200. The van der Waals surface area contributed by atoms with E-state index >= 15 is 0 Å². The Morgan fingerprint density at radius 3 is 2.41 bits per heavy atom. The Morgan fingerprint density at radius 1 is 1.29 bits per heavy atom. The van der Waals surface area contributed by atoms with Crippen molar-refractivity contribution in [3.8, 4) is 0 Å². The number of nitrogens with one attached hydrogen (secondary N) is 1. The Hall–Kier alpha value is -0.830. The van der Waals surface area contributed by atoms with Gasteiger partial charge in [-0.25, -0.2) is 0 Å². The van der Waals surface area contributed by atoms with Crippen LogP contribution in [-0.2, 0) is 4.79 Å². The standard InChI is InChI=1S/C10H13BrN4O.HI/c11-7-1-3-8(4-2-7)15-9(16)5-6-14-10(12)13;/h1-4H,5-6H2,(H,15,16)(H4,12,13,14);1H. The smallest absolute Gasteiger partial charge is 0.226 e. The molecule has 0 unspecified atom stereocenters. The first kappa shape index (κ1) is 16.2. The minimum atomic E-state index is -0.118. The van der Waals surface area contributed by atoms with Gasteiger partial charge in [0.25, 0.3) is 0 Å². The van der Waals surface area contributed by atoms with Gasteiger partial charge in [0.15, 0.2) is 5.96 Å². The lowest BCUT2D eigenvalue weighted by atomic mass is 10.3. The molecule has 1 amide bonds. The van der Waals surface area contributed by atoms with Crippen molar-refractivity contribution in [1.29, 1.82) is 0 Å². The van der Waals surface area contributed by atoms with E-state index in [-0.39, 0.29) is 42.3 Å². The van der Waals surface area contributed by atoms with Gasteiger partial charge in [0.2, 0.25) is 5.91 Å². The highest BCUT2D eigenvalue weighted by molar-refractivity contribution is 14.0. The van der Waals surface area contributed by atoms with E-state index in [1.165, 1.54) is 0 Å². The van der Waals surface area contributed by atoms with E-state index in [0.29, 0.717) is 6.54 Å². The summed E-state index contributed by atoms with van der Waals surface area (Å²) in [5, 5.41) is 2.73. The number of aliphatic imine (C=N–C) groups is 1. The van der Waals surface area contributed by atoms with Crippen LogP contribution >= 0.6 is 39.9 Å². The third-order valence-corrected chi connectivity index (χ3v) is 2.29. The minimum absolute atomic E-state index is 0. The molecule has 0 radical (unpaired) electrons. The molecule has 7 heteroatoms. The second-order valence-electron chi connectivity index (χ2n) is 3.11. The van der Waals surface area contributed by atoms with Gasteiger partial charge in [-0.15, -0.1) is 24.0 Å². The summed E-state index contributed by atoms with van der Waals surface area (Å²) in [4.78, 5) is 15.1. The molecule has 0 aliphatic heterocycles. The van der Waals surface area contributed by atoms with Crippen LogP contribution in [0.15, 0.2) is 33.7 Å². The van der Waals surface area contributed by atoms with Gasteiger partial charge in [0, 0.05) is 16.6 Å². The molecular weight excluding hydrogens is 399 g/mol. The number of anilines is 1. The molecule has 17 heavy (non-hydrogen) atoms. The quantitative estimate of drug-likeness (QED) is 0.399. The summed E-state index contributed by atoms with van der Waals surface area (Å²) < 4.78 is 0.964. The molecule has 1 aromatic rings. The number of rotatable bonds is 4. The van der Waals surface area contributed by atoms with Gasteiger partial charge in [-0.3, -0.25) is 9.79 Å². The van der Waals surface area contributed by atoms with Crippen LogP contribution < -0.4 is 16.8 Å². The van der Waals surface area contributed by atoms with Crippen LogP contribution in [-0.4, -0.2) is 18.4 Å². The fourth-order valence-corrected chi connectivity index (χ4v) is 1.31. The lowest BCUT2D eigenvalue weighted by Gasteiger charge is -2.03. The molecule has 0 atom stereocenters. The van der Waals surface area contributed by atoms with Crippen molar-refractivity contribution in [3.05, 3.63) is 28.7 Å². The van der Waals surface area contributed by atoms with Crippen molar-refractivity contribution >= 4 is 57.5 Å². The Morgan fingerprint density at radius 2 is 1.88 bits per heavy atom. The van der Waals surface area contributed by atoms with Gasteiger partial charge in [-0.1, -0.05) is 15.9 Å². The third kappa shape index (κ3) is 7.16. The number of carbonyl (C=O) groups excluding carboxylic acids is 1. The molecule has 5 nitrogen and oxygen atoms in total. The second-order valence-corrected chi connectivity index (χ2v) is 4.03. The highest BCUT2D eigenvalue weighted by Crippen LogP contribution is 2.14. The summed E-state index contributed by atoms with van der Waals surface area (Å²) in [5.74, 6) is -0.122. The van der Waals surface area contributed by atoms with Crippen LogP contribution in [0.25, 0.3) is 0 Å². The van der Waals surface area contributed by atoms with Crippen molar-refractivity contribution in [2.24, 2.45) is 16.5 Å². The van der Waals surface area contributed by atoms with E-state index in [2.05, 4.69) is 26.2 Å². The average molecular weight is 413 g/mol. The van der Waals surface area contributed by atoms with Crippen molar-refractivity contribution < 1.29 is 4.79 Å². The van der Waals surface area contributed by atoms with E-state index in [9.17, 15) is 4.79 Å². The molecule has 0 aliphatic rings. The molecule has 1 aromatic carbocycles. The van der Waals surface area contributed by atoms with Gasteiger partial charge in [0.1, 0.15) is 0 Å². The summed E-state index contributed by atoms with van der Waals surface area (Å²) in [6.45, 7) is 0.296. The van der Waals surface area contributed by atoms with Crippen LogP contribution in [0, 0.1) is 0 Å². The predicted molar refractivity (Wildman–Crippen MR) is 83.5 cm³/mol. The molecule has 0 heterocycles. The maximum Gasteiger partial charge on any atom is 0.226 e. The van der Waals surface area contributed by atoms with Crippen LogP contribution in [0.3, 0.4) is 0 Å². The zero-order chi connectivity index (χ0) is 12.0. The van der Waals surface area contributed by atoms with Crippen LogP contribution in [0.4, 0.5) is 5.69 Å². The molecule has 0 saturated heterocycles. The normalized spacial score (nSPS) is 9.00. The summed E-state index contributed by atoms with van der Waals surface area (Å²) >= 11 is 3.31. The Bertz CT molecular complexity index is 390. The topological polar surface area (TPSA) is 93.5 Å². The lowest BCUT2D eigenvalue weighted by molar-refractivity contribution is -0.116. The first-order chi connectivity index (χ1) is 7.58. The Balaban J connectivity index is 0.00000256. The van der Waals surface area contributed by atoms with Gasteiger partial charge in [0.05, 0.1) is 6.54 Å². The number of nitrogens with zero attached hydrogens (tertiary/aromatic N) is 1. The zero-order valence-corrected chi connectivity index (χ0v) is 12.9. The van der Waals surface area contributed by atoms with Crippen LogP contribution in [0.2, 0.25) is 0 Å². The van der Waals surface area contributed by atoms with E-state index in [0.717, 1.165) is 10.2 Å². The van der Waals surface area contributed by atoms with E-state index < -0.39 is 0 Å². The zero-order valence-electron chi connectivity index (χ0n) is 9.02. The third-order valence-electron chi connectivity index (χ3n) is 1.76. The largest absolute Gasteiger partial charge is 0.370 e. The molecule has 0 fully saturated rings. The Kier molecular flexibility index (Phi) is 7.88. The first-order valence-electron chi connectivity index (χ1n) is 4.69. The average Bonchev–Trinajstić information content (AvgIpc) is 2.21. The number of halogens is 2. The number of amides is 1. The van der Waals surface area contributed by atoms with Gasteiger partial charge < -0.3 is 16.8 Å². The first-order valence-corrected chi connectivity index (χ1v) is 5.48. The van der Waals surface area contributed by atoms with Gasteiger partial charge in [-0.2, -0.15) is 0 Å². The summed E-state index contributed by atoms with van der Waals surface area (Å²) in [5.41, 5.74) is 11.0. The molecule has 0 aliphatic carbocycles. The lowest BCUT2D eigenvalue weighted by Crippen LogP contribution is -2.23. The number of hydrogen-bond donors (Lipinski definition) is 3. The predicted octanol–water partition coefficient (Wildman–Crippen LogP) is 1.67. The number of carbonyl (C=O) groups is 1. The SMILES string of the molecule is I.NC(N)=NCCC(=O)Nc1ccc(Br)cc1. The molecule has 5 N–H and O–H groups in total. The fourth-order valence-electron chi connectivity index (χ4n) is 1.04. The maximum absolute atomic E-state index is 11.4. The number of benzene rings is 1. The molecule has 94 valence electrons. The number of guanidine groups is 1. The van der Waals surface area contributed by atoms with E-state index in [4.69, 9.17) is 11.5 Å². The van der Waals surface area contributed by atoms with Crippen molar-refractivity contribution in [2.45, 2.75) is 6.42 Å². The van der Waals surface area contributed by atoms with Gasteiger partial charge >= 0.3 is 0 Å². The van der Waals surface area contributed by atoms with Gasteiger partial charge in [-0.05, 0) is 24.3 Å². The molecule has 0 bridgehead atoms. The molecular formula is C10H14BrIN4O. The van der Waals surface area contributed by atoms with Crippen LogP contribution in [0.5, 0.6) is 0 Å². The molecule has 0 aromatic heterocycles. The second kappa shape index (κ2) is 8.29. The van der Waals surface area contributed by atoms with Crippen molar-refractivity contribution in [2.75, 3.05) is 11.9 Å². The minimum Gasteiger partial charge on any atom is -0.370 e. The summed E-state index contributed by atoms with van der Waals surface area (Å²) in [6, 6.07) is 7.32.